The standard InChI is InChI=1S/C16H24N2O4.2ClH/c1-12(18-10-8-17(2)9-11-18)16(19)22-15-13(20-3)6-5-7-14(15)21-4;;/h5-7,12H,8-11H2,1-4H3;2*1H. The summed E-state index contributed by atoms with van der Waals surface area (Å²) in [5.74, 6) is 1.00. The zero-order chi connectivity index (χ0) is 16.1. The van der Waals surface area contributed by atoms with Crippen LogP contribution in [0, 0.1) is 0 Å². The molecule has 1 aromatic rings. The number of rotatable bonds is 5. The minimum absolute atomic E-state index is 0. The van der Waals surface area contributed by atoms with Gasteiger partial charge in [-0.2, -0.15) is 0 Å². The molecule has 0 spiro atoms. The van der Waals surface area contributed by atoms with Crippen molar-refractivity contribution in [2.24, 2.45) is 0 Å². The van der Waals surface area contributed by atoms with Gasteiger partial charge in [0.15, 0.2) is 11.5 Å². The maximum Gasteiger partial charge on any atom is 0.328 e. The molecule has 0 N–H and O–H groups in total. The summed E-state index contributed by atoms with van der Waals surface area (Å²) in [6, 6.07) is 4.97. The van der Waals surface area contributed by atoms with Crippen LogP contribution in [0.5, 0.6) is 17.2 Å². The summed E-state index contributed by atoms with van der Waals surface area (Å²) >= 11 is 0. The third-order valence-electron chi connectivity index (χ3n) is 4.01. The number of hydrogen-bond acceptors (Lipinski definition) is 6. The number of benzene rings is 1. The van der Waals surface area contributed by atoms with E-state index in [1.54, 1.807) is 18.2 Å². The van der Waals surface area contributed by atoms with Gasteiger partial charge in [-0.25, -0.2) is 4.79 Å². The molecule has 1 atom stereocenters. The molecule has 1 aliphatic heterocycles. The molecular weight excluding hydrogens is 355 g/mol. The van der Waals surface area contributed by atoms with Crippen molar-refractivity contribution in [1.29, 1.82) is 0 Å². The summed E-state index contributed by atoms with van der Waals surface area (Å²) in [6.07, 6.45) is 0. The Morgan fingerprint density at radius 2 is 1.54 bits per heavy atom. The van der Waals surface area contributed by atoms with Crippen molar-refractivity contribution in [1.82, 2.24) is 9.80 Å². The Bertz CT molecular complexity index is 501. The third-order valence-corrected chi connectivity index (χ3v) is 4.01. The summed E-state index contributed by atoms with van der Waals surface area (Å²) in [5.41, 5.74) is 0. The van der Waals surface area contributed by atoms with E-state index in [1.165, 1.54) is 14.2 Å². The van der Waals surface area contributed by atoms with Crippen LogP contribution in [0.25, 0.3) is 0 Å². The highest BCUT2D eigenvalue weighted by molar-refractivity contribution is 5.85. The maximum atomic E-state index is 12.4. The number of methoxy groups -OCH3 is 2. The number of para-hydroxylation sites is 1. The van der Waals surface area contributed by atoms with Crippen molar-refractivity contribution in [2.75, 3.05) is 47.4 Å². The van der Waals surface area contributed by atoms with E-state index in [1.807, 2.05) is 6.92 Å². The molecule has 0 amide bonds. The van der Waals surface area contributed by atoms with E-state index in [9.17, 15) is 4.79 Å². The topological polar surface area (TPSA) is 51.2 Å². The Kier molecular flexibility index (Phi) is 10.1. The van der Waals surface area contributed by atoms with Crippen molar-refractivity contribution < 1.29 is 19.0 Å². The molecule has 1 saturated heterocycles. The Morgan fingerprint density at radius 1 is 1.04 bits per heavy atom. The first kappa shape index (κ1) is 22.8. The van der Waals surface area contributed by atoms with Crippen molar-refractivity contribution >= 4 is 30.8 Å². The van der Waals surface area contributed by atoms with Gasteiger partial charge in [-0.1, -0.05) is 6.07 Å². The summed E-state index contributed by atoms with van der Waals surface area (Å²) in [7, 11) is 5.16. The van der Waals surface area contributed by atoms with Crippen LogP contribution in [-0.4, -0.2) is 69.3 Å². The highest BCUT2D eigenvalue weighted by Gasteiger charge is 2.27. The molecule has 1 heterocycles. The largest absolute Gasteiger partial charge is 0.493 e. The van der Waals surface area contributed by atoms with E-state index < -0.39 is 0 Å². The molecule has 0 bridgehead atoms. The van der Waals surface area contributed by atoms with E-state index in [2.05, 4.69) is 16.8 Å². The van der Waals surface area contributed by atoms with Crippen molar-refractivity contribution in [2.45, 2.75) is 13.0 Å². The average Bonchev–Trinajstić information content (AvgIpc) is 2.55. The number of piperazine rings is 1. The number of likely N-dealkylation sites (N-methyl/N-ethyl adjacent to an activating group) is 1. The minimum atomic E-state index is -0.302. The monoisotopic (exact) mass is 380 g/mol. The van der Waals surface area contributed by atoms with Crippen LogP contribution in [0.4, 0.5) is 0 Å². The Hall–Kier alpha value is -1.21. The molecule has 0 aliphatic carbocycles. The van der Waals surface area contributed by atoms with Crippen molar-refractivity contribution in [3.05, 3.63) is 18.2 Å². The molecule has 1 fully saturated rings. The van der Waals surface area contributed by atoms with Gasteiger partial charge in [0, 0.05) is 26.2 Å². The van der Waals surface area contributed by atoms with Gasteiger partial charge in [0.25, 0.3) is 0 Å². The van der Waals surface area contributed by atoms with Gasteiger partial charge in [0.2, 0.25) is 5.75 Å². The summed E-state index contributed by atoms with van der Waals surface area (Å²) in [5, 5.41) is 0. The second-order valence-corrected chi connectivity index (χ2v) is 5.43. The predicted octanol–water partition coefficient (Wildman–Crippen LogP) is 2.09. The van der Waals surface area contributed by atoms with E-state index >= 15 is 0 Å². The van der Waals surface area contributed by atoms with Crippen LogP contribution >= 0.6 is 24.8 Å². The number of hydrogen-bond donors (Lipinski definition) is 0. The molecule has 0 radical (unpaired) electrons. The van der Waals surface area contributed by atoms with Crippen molar-refractivity contribution in [3.8, 4) is 17.2 Å². The lowest BCUT2D eigenvalue weighted by atomic mass is 10.2. The lowest BCUT2D eigenvalue weighted by Gasteiger charge is -2.35. The van der Waals surface area contributed by atoms with Crippen LogP contribution in [0.15, 0.2) is 18.2 Å². The molecule has 0 saturated carbocycles. The summed E-state index contributed by atoms with van der Waals surface area (Å²) in [4.78, 5) is 16.8. The van der Waals surface area contributed by atoms with Crippen molar-refractivity contribution in [3.63, 3.8) is 0 Å². The first-order chi connectivity index (χ1) is 10.6. The molecule has 138 valence electrons. The first-order valence-electron chi connectivity index (χ1n) is 7.42. The normalized spacial score (nSPS) is 16.3. The van der Waals surface area contributed by atoms with Crippen LogP contribution in [-0.2, 0) is 4.79 Å². The van der Waals surface area contributed by atoms with Gasteiger partial charge >= 0.3 is 5.97 Å². The predicted molar refractivity (Wildman–Crippen MR) is 98.2 cm³/mol. The molecule has 1 aliphatic rings. The lowest BCUT2D eigenvalue weighted by molar-refractivity contribution is -0.140. The number of ether oxygens (including phenoxy) is 3. The Labute approximate surface area is 155 Å². The quantitative estimate of drug-likeness (QED) is 0.575. The van der Waals surface area contributed by atoms with Crippen LogP contribution < -0.4 is 14.2 Å². The number of carbonyl (C=O) groups excluding carboxylic acids is 1. The molecule has 8 heteroatoms. The average molecular weight is 381 g/mol. The van der Waals surface area contributed by atoms with Crippen LogP contribution in [0.2, 0.25) is 0 Å². The Balaban J connectivity index is 0.00000264. The number of esters is 1. The number of halogens is 2. The zero-order valence-electron chi connectivity index (χ0n) is 14.5. The third kappa shape index (κ3) is 5.41. The fourth-order valence-corrected chi connectivity index (χ4v) is 2.46. The second kappa shape index (κ2) is 10.6. The molecular formula is C16H26Cl2N2O4. The van der Waals surface area contributed by atoms with Crippen LogP contribution in [0.1, 0.15) is 6.92 Å². The van der Waals surface area contributed by atoms with Gasteiger partial charge < -0.3 is 19.1 Å². The lowest BCUT2D eigenvalue weighted by Crippen LogP contribution is -2.51. The molecule has 2 rings (SSSR count). The van der Waals surface area contributed by atoms with Gasteiger partial charge in [-0.15, -0.1) is 24.8 Å². The highest BCUT2D eigenvalue weighted by Crippen LogP contribution is 2.37. The smallest absolute Gasteiger partial charge is 0.328 e. The zero-order valence-corrected chi connectivity index (χ0v) is 16.1. The molecule has 24 heavy (non-hydrogen) atoms. The molecule has 1 aromatic carbocycles. The molecule has 0 aromatic heterocycles. The summed E-state index contributed by atoms with van der Waals surface area (Å²) in [6.45, 7) is 5.49. The van der Waals surface area contributed by atoms with E-state index in [0.29, 0.717) is 17.2 Å². The second-order valence-electron chi connectivity index (χ2n) is 5.43. The number of nitrogens with zero attached hydrogens (tertiary/aromatic N) is 2. The molecule has 1 unspecified atom stereocenters. The molecule has 6 nitrogen and oxygen atoms in total. The van der Waals surface area contributed by atoms with Gasteiger partial charge in [-0.05, 0) is 26.1 Å². The Morgan fingerprint density at radius 3 is 2.00 bits per heavy atom. The SMILES string of the molecule is COc1cccc(OC)c1OC(=O)C(C)N1CCN(C)CC1.Cl.Cl. The number of carbonyl (C=O) groups is 1. The summed E-state index contributed by atoms with van der Waals surface area (Å²) < 4.78 is 16.1. The van der Waals surface area contributed by atoms with E-state index in [4.69, 9.17) is 14.2 Å². The van der Waals surface area contributed by atoms with Crippen LogP contribution in [0.3, 0.4) is 0 Å². The highest BCUT2D eigenvalue weighted by atomic mass is 35.5. The van der Waals surface area contributed by atoms with Gasteiger partial charge in [-0.3, -0.25) is 4.90 Å². The minimum Gasteiger partial charge on any atom is -0.493 e. The first-order valence-corrected chi connectivity index (χ1v) is 7.42. The fraction of sp³-hybridized carbons (Fsp3) is 0.562. The van der Waals surface area contributed by atoms with Gasteiger partial charge in [0.05, 0.1) is 14.2 Å². The van der Waals surface area contributed by atoms with Gasteiger partial charge in [0.1, 0.15) is 6.04 Å². The van der Waals surface area contributed by atoms with E-state index in [-0.39, 0.29) is 36.8 Å². The maximum absolute atomic E-state index is 12.4. The van der Waals surface area contributed by atoms with E-state index in [0.717, 1.165) is 26.2 Å². The fourth-order valence-electron chi connectivity index (χ4n) is 2.46.